The molecule has 0 spiro atoms. The molecule has 2 rings (SSSR count). The average Bonchev–Trinajstić information content (AvgIpc) is 2.58. The lowest BCUT2D eigenvalue weighted by atomic mass is 10.3. The number of nitrogens with one attached hydrogen (secondary N) is 1. The third kappa shape index (κ3) is 1.40. The molecule has 1 aromatic heterocycles. The maximum Gasteiger partial charge on any atom is 0.235 e. The van der Waals surface area contributed by atoms with Crippen molar-refractivity contribution in [2.45, 2.75) is 6.17 Å². The monoisotopic (exact) mass is 181 g/mol. The van der Waals surface area contributed by atoms with Gasteiger partial charge in [-0.3, -0.25) is 14.4 Å². The highest BCUT2D eigenvalue weighted by Gasteiger charge is 2.29. The molecule has 70 valence electrons. The van der Waals surface area contributed by atoms with Crippen molar-refractivity contribution in [2.75, 3.05) is 13.6 Å². The minimum atomic E-state index is -0.124. The first-order chi connectivity index (χ1) is 6.16. The van der Waals surface area contributed by atoms with E-state index in [0.29, 0.717) is 6.54 Å². The van der Waals surface area contributed by atoms with Crippen LogP contribution in [-0.4, -0.2) is 39.4 Å². The first-order valence-electron chi connectivity index (χ1n) is 4.02. The normalized spacial score (nSPS) is 23.5. The van der Waals surface area contributed by atoms with Crippen molar-refractivity contribution < 1.29 is 4.79 Å². The lowest BCUT2D eigenvalue weighted by Gasteiger charge is -2.14. The number of aryl methyl sites for hydroxylation is 1. The Hall–Kier alpha value is -1.43. The van der Waals surface area contributed by atoms with Crippen LogP contribution in [0.15, 0.2) is 6.20 Å². The van der Waals surface area contributed by atoms with Crippen LogP contribution in [0.3, 0.4) is 0 Å². The van der Waals surface area contributed by atoms with E-state index in [2.05, 4.69) is 15.6 Å². The second-order valence-electron chi connectivity index (χ2n) is 3.20. The quantitative estimate of drug-likeness (QED) is 0.596. The van der Waals surface area contributed by atoms with Gasteiger partial charge in [-0.1, -0.05) is 5.21 Å². The number of carbonyl (C=O) groups excluding carboxylic acids is 1. The number of hydrogen-bond donors (Lipinski definition) is 1. The standard InChI is InChI=1S/C7H11N5O/c1-11-4-6(13)8-7(11)5-3-12(2)10-9-5/h3,7H,4H2,1-2H3,(H,8,13). The summed E-state index contributed by atoms with van der Waals surface area (Å²) in [6.07, 6.45) is 1.67. The smallest absolute Gasteiger partial charge is 0.235 e. The van der Waals surface area contributed by atoms with Crippen molar-refractivity contribution in [3.05, 3.63) is 11.9 Å². The minimum absolute atomic E-state index is 0.0261. The Labute approximate surface area is 75.5 Å². The van der Waals surface area contributed by atoms with Crippen LogP contribution in [0.25, 0.3) is 0 Å². The molecule has 1 saturated heterocycles. The van der Waals surface area contributed by atoms with E-state index in [1.54, 1.807) is 17.9 Å². The molecule has 1 aliphatic heterocycles. The van der Waals surface area contributed by atoms with Crippen LogP contribution in [0.2, 0.25) is 0 Å². The SMILES string of the molecule is CN1CC(=O)NC1c1cn(C)nn1. The van der Waals surface area contributed by atoms with Gasteiger partial charge < -0.3 is 5.32 Å². The van der Waals surface area contributed by atoms with Gasteiger partial charge in [0.2, 0.25) is 5.91 Å². The molecule has 0 bridgehead atoms. The molecule has 2 heterocycles. The molecule has 6 heteroatoms. The summed E-state index contributed by atoms with van der Waals surface area (Å²) in [4.78, 5) is 12.9. The molecule has 1 amide bonds. The summed E-state index contributed by atoms with van der Waals surface area (Å²) in [5.74, 6) is 0.0261. The maximum absolute atomic E-state index is 11.0. The number of amides is 1. The number of aromatic nitrogens is 3. The average molecular weight is 181 g/mol. The predicted octanol–water partition coefficient (Wildman–Crippen LogP) is -1.12. The van der Waals surface area contributed by atoms with E-state index >= 15 is 0 Å². The van der Waals surface area contributed by atoms with E-state index in [-0.39, 0.29) is 12.1 Å². The van der Waals surface area contributed by atoms with Crippen molar-refractivity contribution in [3.8, 4) is 0 Å². The van der Waals surface area contributed by atoms with E-state index < -0.39 is 0 Å². The molecule has 13 heavy (non-hydrogen) atoms. The zero-order valence-corrected chi connectivity index (χ0v) is 7.56. The number of rotatable bonds is 1. The molecule has 1 aliphatic rings. The lowest BCUT2D eigenvalue weighted by molar-refractivity contribution is -0.118. The van der Waals surface area contributed by atoms with Crippen LogP contribution < -0.4 is 5.32 Å². The van der Waals surface area contributed by atoms with Gasteiger partial charge in [0.05, 0.1) is 12.7 Å². The van der Waals surface area contributed by atoms with E-state index in [1.165, 1.54) is 0 Å². The Morgan fingerprint density at radius 2 is 2.38 bits per heavy atom. The highest BCUT2D eigenvalue weighted by Crippen LogP contribution is 2.16. The van der Waals surface area contributed by atoms with Crippen LogP contribution in [0.4, 0.5) is 0 Å². The van der Waals surface area contributed by atoms with Crippen LogP contribution in [0.5, 0.6) is 0 Å². The Morgan fingerprint density at radius 3 is 2.85 bits per heavy atom. The molecule has 0 saturated carbocycles. The van der Waals surface area contributed by atoms with Gasteiger partial charge in [-0.2, -0.15) is 0 Å². The topological polar surface area (TPSA) is 63.1 Å². The molecule has 1 N–H and O–H groups in total. The van der Waals surface area contributed by atoms with Gasteiger partial charge in [0.1, 0.15) is 11.9 Å². The summed E-state index contributed by atoms with van der Waals surface area (Å²) in [5.41, 5.74) is 0.774. The van der Waals surface area contributed by atoms with E-state index in [4.69, 9.17) is 0 Å². The number of nitrogens with zero attached hydrogens (tertiary/aromatic N) is 4. The first-order valence-corrected chi connectivity index (χ1v) is 4.02. The number of carbonyl (C=O) groups is 1. The second-order valence-corrected chi connectivity index (χ2v) is 3.20. The van der Waals surface area contributed by atoms with Gasteiger partial charge in [0, 0.05) is 7.05 Å². The molecular formula is C7H11N5O. The maximum atomic E-state index is 11.0. The third-order valence-electron chi connectivity index (χ3n) is 2.03. The van der Waals surface area contributed by atoms with Crippen LogP contribution in [-0.2, 0) is 11.8 Å². The van der Waals surface area contributed by atoms with Gasteiger partial charge in [-0.15, -0.1) is 5.10 Å². The van der Waals surface area contributed by atoms with Gasteiger partial charge in [0.15, 0.2) is 0 Å². The highest BCUT2D eigenvalue weighted by atomic mass is 16.2. The van der Waals surface area contributed by atoms with Crippen LogP contribution in [0, 0.1) is 0 Å². The number of likely N-dealkylation sites (N-methyl/N-ethyl adjacent to an activating group) is 1. The zero-order chi connectivity index (χ0) is 9.42. The molecule has 1 unspecified atom stereocenters. The highest BCUT2D eigenvalue weighted by molar-refractivity contribution is 5.80. The summed E-state index contributed by atoms with van der Waals surface area (Å²) in [6, 6.07) is 0. The Bertz CT molecular complexity index is 333. The Balaban J connectivity index is 2.22. The molecule has 0 radical (unpaired) electrons. The van der Waals surface area contributed by atoms with Crippen LogP contribution >= 0.6 is 0 Å². The fourth-order valence-corrected chi connectivity index (χ4v) is 1.42. The van der Waals surface area contributed by atoms with E-state index in [0.717, 1.165) is 5.69 Å². The third-order valence-corrected chi connectivity index (χ3v) is 2.03. The first kappa shape index (κ1) is 8.18. The zero-order valence-electron chi connectivity index (χ0n) is 7.56. The van der Waals surface area contributed by atoms with Gasteiger partial charge >= 0.3 is 0 Å². The predicted molar refractivity (Wildman–Crippen MR) is 44.5 cm³/mol. The summed E-state index contributed by atoms with van der Waals surface area (Å²) in [6.45, 7) is 0.418. The van der Waals surface area contributed by atoms with Crippen molar-refractivity contribution >= 4 is 5.91 Å². The van der Waals surface area contributed by atoms with Gasteiger partial charge in [0.25, 0.3) is 0 Å². The summed E-state index contributed by atoms with van der Waals surface area (Å²) < 4.78 is 1.62. The molecule has 0 aliphatic carbocycles. The largest absolute Gasteiger partial charge is 0.334 e. The molecule has 6 nitrogen and oxygen atoms in total. The Morgan fingerprint density at radius 1 is 1.62 bits per heavy atom. The minimum Gasteiger partial charge on any atom is -0.334 e. The van der Waals surface area contributed by atoms with Crippen molar-refractivity contribution in [3.63, 3.8) is 0 Å². The van der Waals surface area contributed by atoms with Crippen molar-refractivity contribution in [1.29, 1.82) is 0 Å². The van der Waals surface area contributed by atoms with Crippen LogP contribution in [0.1, 0.15) is 11.9 Å². The van der Waals surface area contributed by atoms with Crippen molar-refractivity contribution in [1.82, 2.24) is 25.2 Å². The summed E-state index contributed by atoms with van der Waals surface area (Å²) in [5, 5.41) is 10.6. The molecule has 1 fully saturated rings. The fraction of sp³-hybridized carbons (Fsp3) is 0.571. The molecular weight excluding hydrogens is 170 g/mol. The molecule has 1 atom stereocenters. The van der Waals surface area contributed by atoms with Crippen molar-refractivity contribution in [2.24, 2.45) is 7.05 Å². The molecule has 1 aromatic rings. The summed E-state index contributed by atoms with van der Waals surface area (Å²) in [7, 11) is 3.67. The van der Waals surface area contributed by atoms with E-state index in [1.807, 2.05) is 11.9 Å². The fourth-order valence-electron chi connectivity index (χ4n) is 1.42. The second kappa shape index (κ2) is 2.81. The van der Waals surface area contributed by atoms with E-state index in [9.17, 15) is 4.79 Å². The lowest BCUT2D eigenvalue weighted by Crippen LogP contribution is -2.24. The summed E-state index contributed by atoms with van der Waals surface area (Å²) >= 11 is 0. The molecule has 0 aromatic carbocycles. The van der Waals surface area contributed by atoms with Gasteiger partial charge in [-0.05, 0) is 7.05 Å². The number of hydrogen-bond acceptors (Lipinski definition) is 4. The van der Waals surface area contributed by atoms with Gasteiger partial charge in [-0.25, -0.2) is 0 Å². The Kier molecular flexibility index (Phi) is 1.77.